The van der Waals surface area contributed by atoms with Gasteiger partial charge in [-0.15, -0.1) is 0 Å². The predicted molar refractivity (Wildman–Crippen MR) is 98.4 cm³/mol. The number of hydrogen-bond donors (Lipinski definition) is 3. The molecule has 3 nitrogen and oxygen atoms in total. The quantitative estimate of drug-likeness (QED) is 0.404. The molecular formula is C19H42N2O. The molecule has 3 N–H and O–H groups in total. The third-order valence-electron chi connectivity index (χ3n) is 4.71. The zero-order valence-electron chi connectivity index (χ0n) is 15.7. The minimum absolute atomic E-state index is 0.271. The van der Waals surface area contributed by atoms with Crippen LogP contribution >= 0.6 is 0 Å². The second kappa shape index (κ2) is 15.8. The fourth-order valence-electron chi connectivity index (χ4n) is 2.87. The molecule has 0 aliphatic heterocycles. The van der Waals surface area contributed by atoms with Gasteiger partial charge in [0.2, 0.25) is 0 Å². The highest BCUT2D eigenvalue weighted by Crippen LogP contribution is 2.12. The Labute approximate surface area is 139 Å². The third kappa shape index (κ3) is 12.4. The standard InChI is InChI=1S/C19H42N2O/c1-5-9-11-17(7-3)13-20-15-19(22)16-21-14-18(8-4)12-10-6-2/h17-22H,5-16H2,1-4H3. The molecule has 2 unspecified atom stereocenters. The molecule has 0 aromatic heterocycles. The van der Waals surface area contributed by atoms with Gasteiger partial charge in [0.05, 0.1) is 6.10 Å². The number of unbranched alkanes of at least 4 members (excludes halogenated alkanes) is 2. The first kappa shape index (κ1) is 21.9. The van der Waals surface area contributed by atoms with Crippen LogP contribution in [0.3, 0.4) is 0 Å². The minimum atomic E-state index is -0.271. The molecule has 0 heterocycles. The van der Waals surface area contributed by atoms with E-state index in [0.29, 0.717) is 13.1 Å². The Morgan fingerprint density at radius 2 is 1.09 bits per heavy atom. The van der Waals surface area contributed by atoms with E-state index in [1.165, 1.54) is 51.4 Å². The van der Waals surface area contributed by atoms with E-state index in [1.54, 1.807) is 0 Å². The van der Waals surface area contributed by atoms with Crippen molar-refractivity contribution in [3.8, 4) is 0 Å². The van der Waals surface area contributed by atoms with E-state index in [9.17, 15) is 5.11 Å². The summed E-state index contributed by atoms with van der Waals surface area (Å²) in [6.45, 7) is 12.5. The maximum Gasteiger partial charge on any atom is 0.0788 e. The van der Waals surface area contributed by atoms with Gasteiger partial charge < -0.3 is 15.7 Å². The Kier molecular flexibility index (Phi) is 15.7. The monoisotopic (exact) mass is 314 g/mol. The van der Waals surface area contributed by atoms with Gasteiger partial charge in [0.1, 0.15) is 0 Å². The lowest BCUT2D eigenvalue weighted by molar-refractivity contribution is 0.164. The number of aliphatic hydroxyl groups excluding tert-OH is 1. The molecule has 0 saturated carbocycles. The molecule has 0 aliphatic rings. The second-order valence-electron chi connectivity index (χ2n) is 6.80. The van der Waals surface area contributed by atoms with Crippen LogP contribution in [-0.4, -0.2) is 37.4 Å². The van der Waals surface area contributed by atoms with Crippen LogP contribution in [0.1, 0.15) is 79.1 Å². The fourth-order valence-corrected chi connectivity index (χ4v) is 2.87. The summed E-state index contributed by atoms with van der Waals surface area (Å²) in [5.74, 6) is 1.53. The highest BCUT2D eigenvalue weighted by molar-refractivity contribution is 4.68. The molecule has 0 radical (unpaired) electrons. The second-order valence-corrected chi connectivity index (χ2v) is 6.80. The molecule has 0 spiro atoms. The van der Waals surface area contributed by atoms with Crippen LogP contribution in [0, 0.1) is 11.8 Å². The molecule has 2 atom stereocenters. The summed E-state index contributed by atoms with van der Waals surface area (Å²) in [7, 11) is 0. The van der Waals surface area contributed by atoms with Crippen molar-refractivity contribution >= 4 is 0 Å². The average molecular weight is 315 g/mol. The molecule has 0 rings (SSSR count). The van der Waals surface area contributed by atoms with Crippen LogP contribution in [0.4, 0.5) is 0 Å². The Morgan fingerprint density at radius 3 is 1.41 bits per heavy atom. The average Bonchev–Trinajstić information content (AvgIpc) is 2.53. The summed E-state index contributed by atoms with van der Waals surface area (Å²) in [4.78, 5) is 0. The molecule has 0 aromatic rings. The van der Waals surface area contributed by atoms with Crippen molar-refractivity contribution in [2.45, 2.75) is 85.2 Å². The molecule has 0 saturated heterocycles. The van der Waals surface area contributed by atoms with Gasteiger partial charge in [-0.1, -0.05) is 66.2 Å². The van der Waals surface area contributed by atoms with Crippen molar-refractivity contribution in [3.63, 3.8) is 0 Å². The number of rotatable bonds is 16. The summed E-state index contributed by atoms with van der Waals surface area (Å²) in [6.07, 6.45) is 10.0. The predicted octanol–water partition coefficient (Wildman–Crippen LogP) is 3.96. The van der Waals surface area contributed by atoms with Gasteiger partial charge in [-0.05, 0) is 37.8 Å². The lowest BCUT2D eigenvalue weighted by Gasteiger charge is -2.19. The minimum Gasteiger partial charge on any atom is -0.390 e. The van der Waals surface area contributed by atoms with Crippen molar-refractivity contribution in [3.05, 3.63) is 0 Å². The Balaban J connectivity index is 3.65. The van der Waals surface area contributed by atoms with E-state index in [2.05, 4.69) is 38.3 Å². The summed E-state index contributed by atoms with van der Waals surface area (Å²) in [5.41, 5.74) is 0. The van der Waals surface area contributed by atoms with Gasteiger partial charge in [-0.25, -0.2) is 0 Å². The Morgan fingerprint density at radius 1 is 0.682 bits per heavy atom. The zero-order valence-corrected chi connectivity index (χ0v) is 15.7. The Bertz CT molecular complexity index is 201. The molecule has 3 heteroatoms. The van der Waals surface area contributed by atoms with Crippen molar-refractivity contribution in [1.82, 2.24) is 10.6 Å². The van der Waals surface area contributed by atoms with Crippen molar-refractivity contribution < 1.29 is 5.11 Å². The molecule has 0 aromatic carbocycles. The molecule has 0 fully saturated rings. The van der Waals surface area contributed by atoms with Crippen LogP contribution in [0.5, 0.6) is 0 Å². The first-order valence-corrected chi connectivity index (χ1v) is 9.77. The molecule has 0 amide bonds. The molecule has 0 aliphatic carbocycles. The zero-order chi connectivity index (χ0) is 16.6. The highest BCUT2D eigenvalue weighted by Gasteiger charge is 2.09. The van der Waals surface area contributed by atoms with Crippen LogP contribution in [-0.2, 0) is 0 Å². The normalized spacial score (nSPS) is 15.7. The van der Waals surface area contributed by atoms with E-state index < -0.39 is 0 Å². The van der Waals surface area contributed by atoms with Gasteiger partial charge in [-0.2, -0.15) is 0 Å². The smallest absolute Gasteiger partial charge is 0.0788 e. The van der Waals surface area contributed by atoms with Gasteiger partial charge >= 0.3 is 0 Å². The number of nitrogens with one attached hydrogen (secondary N) is 2. The fraction of sp³-hybridized carbons (Fsp3) is 1.00. The van der Waals surface area contributed by atoms with Crippen molar-refractivity contribution in [1.29, 1.82) is 0 Å². The van der Waals surface area contributed by atoms with E-state index in [4.69, 9.17) is 0 Å². The molecular weight excluding hydrogens is 272 g/mol. The van der Waals surface area contributed by atoms with E-state index in [-0.39, 0.29) is 6.10 Å². The maximum atomic E-state index is 10.0. The van der Waals surface area contributed by atoms with Gasteiger partial charge in [0, 0.05) is 13.1 Å². The summed E-state index contributed by atoms with van der Waals surface area (Å²) < 4.78 is 0. The van der Waals surface area contributed by atoms with Crippen LogP contribution in [0.25, 0.3) is 0 Å². The lowest BCUT2D eigenvalue weighted by Crippen LogP contribution is -2.38. The first-order chi connectivity index (χ1) is 10.7. The summed E-state index contributed by atoms with van der Waals surface area (Å²) in [5, 5.41) is 16.9. The van der Waals surface area contributed by atoms with Crippen LogP contribution in [0.2, 0.25) is 0 Å². The van der Waals surface area contributed by atoms with E-state index >= 15 is 0 Å². The number of hydrogen-bond acceptors (Lipinski definition) is 3. The Hall–Kier alpha value is -0.120. The molecule has 134 valence electrons. The highest BCUT2D eigenvalue weighted by atomic mass is 16.3. The van der Waals surface area contributed by atoms with Crippen LogP contribution in [0.15, 0.2) is 0 Å². The molecule has 0 bridgehead atoms. The largest absolute Gasteiger partial charge is 0.390 e. The topological polar surface area (TPSA) is 44.3 Å². The summed E-state index contributed by atoms with van der Waals surface area (Å²) >= 11 is 0. The van der Waals surface area contributed by atoms with Gasteiger partial charge in [0.15, 0.2) is 0 Å². The van der Waals surface area contributed by atoms with Crippen molar-refractivity contribution in [2.75, 3.05) is 26.2 Å². The summed E-state index contributed by atoms with van der Waals surface area (Å²) in [6, 6.07) is 0. The molecule has 22 heavy (non-hydrogen) atoms. The van der Waals surface area contributed by atoms with Crippen molar-refractivity contribution in [2.24, 2.45) is 11.8 Å². The van der Waals surface area contributed by atoms with E-state index in [0.717, 1.165) is 24.9 Å². The SMILES string of the molecule is CCCCC(CC)CNCC(O)CNCC(CC)CCCC. The number of aliphatic hydroxyl groups is 1. The maximum absolute atomic E-state index is 10.0. The van der Waals surface area contributed by atoms with Gasteiger partial charge in [-0.3, -0.25) is 0 Å². The van der Waals surface area contributed by atoms with E-state index in [1.807, 2.05) is 0 Å². The third-order valence-corrected chi connectivity index (χ3v) is 4.71. The van der Waals surface area contributed by atoms with Crippen LogP contribution < -0.4 is 10.6 Å². The first-order valence-electron chi connectivity index (χ1n) is 9.77. The lowest BCUT2D eigenvalue weighted by atomic mass is 9.99. The van der Waals surface area contributed by atoms with Gasteiger partial charge in [0.25, 0.3) is 0 Å².